The summed E-state index contributed by atoms with van der Waals surface area (Å²) in [6.07, 6.45) is 3.20. The summed E-state index contributed by atoms with van der Waals surface area (Å²) in [5.74, 6) is 3.36. The molecule has 0 saturated heterocycles. The maximum atomic E-state index is 5.80. The first-order valence-corrected chi connectivity index (χ1v) is 9.05. The molecule has 1 aromatic heterocycles. The van der Waals surface area contributed by atoms with E-state index in [0.717, 1.165) is 41.3 Å². The Hall–Kier alpha value is -2.95. The summed E-state index contributed by atoms with van der Waals surface area (Å²) in [5.41, 5.74) is 3.73. The minimum Gasteiger partial charge on any atom is -0.486 e. The van der Waals surface area contributed by atoms with Crippen molar-refractivity contribution in [2.45, 2.75) is 13.0 Å². The van der Waals surface area contributed by atoms with Gasteiger partial charge in [0.1, 0.15) is 26.4 Å². The van der Waals surface area contributed by atoms with Gasteiger partial charge in [-0.3, -0.25) is 0 Å². The fourth-order valence-electron chi connectivity index (χ4n) is 4.06. The van der Waals surface area contributed by atoms with Gasteiger partial charge in [0, 0.05) is 17.9 Å². The fraction of sp³-hybridized carbons (Fsp3) is 0.286. The van der Waals surface area contributed by atoms with Crippen molar-refractivity contribution >= 4 is 10.8 Å². The molecule has 0 saturated carbocycles. The number of aromatic nitrogens is 1. The third-order valence-electron chi connectivity index (χ3n) is 5.31. The summed E-state index contributed by atoms with van der Waals surface area (Å²) >= 11 is 0. The predicted octanol–water partition coefficient (Wildman–Crippen LogP) is 2.89. The highest BCUT2D eigenvalue weighted by atomic mass is 16.6. The predicted molar refractivity (Wildman–Crippen MR) is 95.3 cm³/mol. The Labute approximate surface area is 150 Å². The molecule has 0 bridgehead atoms. The van der Waals surface area contributed by atoms with Crippen LogP contribution in [-0.4, -0.2) is 26.4 Å². The number of nitrogens with zero attached hydrogens (tertiary/aromatic N) is 1. The lowest BCUT2D eigenvalue weighted by atomic mass is 9.95. The van der Waals surface area contributed by atoms with Crippen LogP contribution in [0, 0.1) is 0 Å². The van der Waals surface area contributed by atoms with Crippen molar-refractivity contribution in [1.82, 2.24) is 0 Å². The number of aryl methyl sites for hydroxylation is 2. The van der Waals surface area contributed by atoms with E-state index in [1.807, 2.05) is 0 Å². The van der Waals surface area contributed by atoms with Crippen molar-refractivity contribution < 1.29 is 23.5 Å². The van der Waals surface area contributed by atoms with Crippen LogP contribution >= 0.6 is 0 Å². The highest BCUT2D eigenvalue weighted by Gasteiger charge is 2.27. The molecule has 0 atom stereocenters. The topological polar surface area (TPSA) is 40.8 Å². The molecule has 4 heterocycles. The van der Waals surface area contributed by atoms with Crippen molar-refractivity contribution in [2.75, 3.05) is 26.4 Å². The van der Waals surface area contributed by atoms with Crippen molar-refractivity contribution in [3.63, 3.8) is 0 Å². The van der Waals surface area contributed by atoms with Crippen LogP contribution in [0.1, 0.15) is 5.56 Å². The minimum atomic E-state index is 0.602. The molecule has 130 valence electrons. The summed E-state index contributed by atoms with van der Waals surface area (Å²) in [5, 5.41) is 2.32. The van der Waals surface area contributed by atoms with E-state index in [1.165, 1.54) is 22.2 Å². The first kappa shape index (κ1) is 14.2. The molecule has 3 aliphatic rings. The second-order valence-electron chi connectivity index (χ2n) is 6.88. The van der Waals surface area contributed by atoms with E-state index in [4.69, 9.17) is 18.9 Å². The van der Waals surface area contributed by atoms with Gasteiger partial charge in [0.15, 0.2) is 35.7 Å². The van der Waals surface area contributed by atoms with Gasteiger partial charge >= 0.3 is 0 Å². The van der Waals surface area contributed by atoms with Crippen molar-refractivity contribution in [1.29, 1.82) is 0 Å². The summed E-state index contributed by atoms with van der Waals surface area (Å²) in [4.78, 5) is 0. The first-order valence-electron chi connectivity index (χ1n) is 9.05. The number of benzene rings is 2. The van der Waals surface area contributed by atoms with Crippen molar-refractivity contribution in [3.8, 4) is 34.3 Å². The Bertz CT molecular complexity index is 1060. The van der Waals surface area contributed by atoms with Gasteiger partial charge in [-0.1, -0.05) is 0 Å². The Balaban J connectivity index is 1.55. The molecule has 6 rings (SSSR count). The third kappa shape index (κ3) is 2.06. The zero-order valence-electron chi connectivity index (χ0n) is 14.3. The van der Waals surface area contributed by atoms with E-state index in [1.54, 1.807) is 0 Å². The van der Waals surface area contributed by atoms with Gasteiger partial charge in [-0.25, -0.2) is 0 Å². The fourth-order valence-corrected chi connectivity index (χ4v) is 4.06. The number of fused-ring (bicyclic) bond motifs is 6. The zero-order chi connectivity index (χ0) is 17.1. The van der Waals surface area contributed by atoms with Crippen LogP contribution in [0.25, 0.3) is 22.0 Å². The average molecular weight is 348 g/mol. The van der Waals surface area contributed by atoms with Gasteiger partial charge < -0.3 is 18.9 Å². The largest absolute Gasteiger partial charge is 0.486 e. The Morgan fingerprint density at radius 2 is 1.27 bits per heavy atom. The van der Waals surface area contributed by atoms with Gasteiger partial charge in [0.2, 0.25) is 5.69 Å². The molecule has 0 N–H and O–H groups in total. The number of hydrogen-bond acceptors (Lipinski definition) is 4. The second kappa shape index (κ2) is 5.27. The Morgan fingerprint density at radius 1 is 0.654 bits per heavy atom. The molecule has 2 aromatic carbocycles. The van der Waals surface area contributed by atoms with Crippen LogP contribution in [0.4, 0.5) is 0 Å². The van der Waals surface area contributed by atoms with Gasteiger partial charge in [0.25, 0.3) is 0 Å². The monoisotopic (exact) mass is 348 g/mol. The molecule has 3 aromatic rings. The average Bonchev–Trinajstić information content (AvgIpc) is 2.69. The highest BCUT2D eigenvalue weighted by molar-refractivity contribution is 5.88. The molecule has 5 heteroatoms. The number of rotatable bonds is 0. The third-order valence-corrected chi connectivity index (χ3v) is 5.31. The van der Waals surface area contributed by atoms with E-state index in [0.29, 0.717) is 26.4 Å². The molecule has 0 unspecified atom stereocenters. The van der Waals surface area contributed by atoms with Gasteiger partial charge in [-0.15, -0.1) is 0 Å². The van der Waals surface area contributed by atoms with Crippen LogP contribution in [0.2, 0.25) is 0 Å². The minimum absolute atomic E-state index is 0.602. The lowest BCUT2D eigenvalue weighted by molar-refractivity contribution is -0.686. The summed E-state index contributed by atoms with van der Waals surface area (Å²) in [6, 6.07) is 10.7. The second-order valence-corrected chi connectivity index (χ2v) is 6.88. The van der Waals surface area contributed by atoms with E-state index in [-0.39, 0.29) is 0 Å². The quantitative estimate of drug-likeness (QED) is 0.586. The van der Waals surface area contributed by atoms with Crippen LogP contribution in [-0.2, 0) is 13.0 Å². The smallest absolute Gasteiger partial charge is 0.213 e. The molecule has 0 fully saturated rings. The van der Waals surface area contributed by atoms with E-state index < -0.39 is 0 Å². The molecule has 0 aliphatic carbocycles. The van der Waals surface area contributed by atoms with Crippen LogP contribution in [0.15, 0.2) is 36.5 Å². The van der Waals surface area contributed by atoms with Gasteiger partial charge in [-0.2, -0.15) is 4.57 Å². The highest BCUT2D eigenvalue weighted by Crippen LogP contribution is 2.40. The van der Waals surface area contributed by atoms with E-state index in [9.17, 15) is 0 Å². The number of pyridine rings is 1. The first-order chi connectivity index (χ1) is 12.8. The van der Waals surface area contributed by atoms with Crippen LogP contribution < -0.4 is 23.5 Å². The Morgan fingerprint density at radius 3 is 2.00 bits per heavy atom. The summed E-state index contributed by atoms with van der Waals surface area (Å²) in [7, 11) is 0. The van der Waals surface area contributed by atoms with Crippen LogP contribution in [0.3, 0.4) is 0 Å². The molecule has 5 nitrogen and oxygen atoms in total. The lowest BCUT2D eigenvalue weighted by Crippen LogP contribution is -2.40. The molecule has 0 amide bonds. The number of hydrogen-bond donors (Lipinski definition) is 0. The van der Waals surface area contributed by atoms with Gasteiger partial charge in [0.05, 0.1) is 5.56 Å². The van der Waals surface area contributed by atoms with Crippen molar-refractivity contribution in [2.24, 2.45) is 0 Å². The van der Waals surface area contributed by atoms with E-state index >= 15 is 0 Å². The Kier molecular flexibility index (Phi) is 2.89. The molecule has 0 radical (unpaired) electrons. The number of ether oxygens (including phenoxy) is 4. The maximum absolute atomic E-state index is 5.80. The SMILES string of the molecule is c1c2c(cc3c1OCCO3)-c1cc3cc4c(cc3c[n+]1CC2)OCCO4. The summed E-state index contributed by atoms with van der Waals surface area (Å²) < 4.78 is 25.3. The molecule has 0 spiro atoms. The van der Waals surface area contributed by atoms with Crippen LogP contribution in [0.5, 0.6) is 23.0 Å². The van der Waals surface area contributed by atoms with Gasteiger partial charge in [-0.05, 0) is 35.2 Å². The lowest BCUT2D eigenvalue weighted by Gasteiger charge is -2.23. The normalized spacial score (nSPS) is 16.8. The maximum Gasteiger partial charge on any atom is 0.213 e. The van der Waals surface area contributed by atoms with E-state index in [2.05, 4.69) is 41.1 Å². The molecule has 3 aliphatic heterocycles. The molecule has 26 heavy (non-hydrogen) atoms. The zero-order valence-corrected chi connectivity index (χ0v) is 14.3. The molecular formula is C21H18NO4+. The van der Waals surface area contributed by atoms with Crippen molar-refractivity contribution in [3.05, 3.63) is 42.1 Å². The standard InChI is InChI=1S/C21H18NO4/c1-2-22-12-15-10-20-19(24-3-4-25-20)9-14(15)7-17(22)16-11-21-18(8-13(1)16)23-5-6-26-21/h7-12H,1-6H2/q+1. The summed E-state index contributed by atoms with van der Waals surface area (Å²) in [6.45, 7) is 3.38. The molecular weight excluding hydrogens is 330 g/mol.